The molecule has 0 spiro atoms. The highest BCUT2D eigenvalue weighted by Crippen LogP contribution is 2.40. The number of carbonyl (C=O) groups excluding carboxylic acids is 11. The van der Waals surface area contributed by atoms with Crippen molar-refractivity contribution >= 4 is 65.4 Å². The van der Waals surface area contributed by atoms with Crippen LogP contribution in [0.3, 0.4) is 0 Å². The summed E-state index contributed by atoms with van der Waals surface area (Å²) in [6, 6.07) is 7.59. The molecule has 0 aliphatic carbocycles. The van der Waals surface area contributed by atoms with Crippen LogP contribution in [-0.2, 0) is 95.1 Å². The van der Waals surface area contributed by atoms with Gasteiger partial charge < -0.3 is 66.7 Å². The van der Waals surface area contributed by atoms with Crippen LogP contribution >= 0.6 is 0 Å². The van der Waals surface area contributed by atoms with Gasteiger partial charge in [0.15, 0.2) is 55.5 Å². The predicted octanol–water partition coefficient (Wildman–Crippen LogP) is -0.149. The van der Waals surface area contributed by atoms with Crippen LogP contribution in [0, 0.1) is 0 Å². The molecule has 5 heterocycles. The van der Waals surface area contributed by atoms with Gasteiger partial charge in [-0.3, -0.25) is 57.7 Å². The first-order valence-electron chi connectivity index (χ1n) is 23.7. The lowest BCUT2D eigenvalue weighted by atomic mass is 9.93. The van der Waals surface area contributed by atoms with Gasteiger partial charge in [0.05, 0.1) is 42.6 Å². The summed E-state index contributed by atoms with van der Waals surface area (Å²) in [5.41, 5.74) is -0.362. The maximum Gasteiger partial charge on any atom is 0.339 e. The van der Waals surface area contributed by atoms with E-state index in [2.05, 4.69) is 6.58 Å². The highest BCUT2D eigenvalue weighted by Gasteiger charge is 2.62. The molecule has 0 saturated carbocycles. The first-order chi connectivity index (χ1) is 36.6. The molecule has 2 aromatic rings. The number of ether oxygens (including phenoxy) is 13. The van der Waals surface area contributed by atoms with Crippen LogP contribution in [0.1, 0.15) is 83.0 Å². The molecule has 2 aromatic carbocycles. The van der Waals surface area contributed by atoms with Gasteiger partial charge in [-0.05, 0) is 24.3 Å². The second kappa shape index (κ2) is 24.2. The van der Waals surface area contributed by atoms with E-state index in [1.807, 2.05) is 0 Å². The third-order valence-electron chi connectivity index (χ3n) is 12.5. The molecule has 5 aliphatic heterocycles. The predicted molar refractivity (Wildman–Crippen MR) is 247 cm³/mol. The Bertz CT molecular complexity index is 2620. The van der Waals surface area contributed by atoms with Gasteiger partial charge in [0.1, 0.15) is 43.1 Å². The van der Waals surface area contributed by atoms with Crippen LogP contribution in [0.4, 0.5) is 0 Å². The van der Waals surface area contributed by atoms with Crippen LogP contribution in [0.5, 0.6) is 0 Å². The van der Waals surface area contributed by atoms with Crippen LogP contribution in [0.2, 0.25) is 0 Å². The molecule has 0 radical (unpaired) electrons. The summed E-state index contributed by atoms with van der Waals surface area (Å²) in [5.74, 6) is -10.9. The van der Waals surface area contributed by atoms with Gasteiger partial charge in [0.25, 0.3) is 23.6 Å². The summed E-state index contributed by atoms with van der Waals surface area (Å²) < 4.78 is 75.4. The molecule has 5 aliphatic rings. The number of carbonyl (C=O) groups is 11. The lowest BCUT2D eigenvalue weighted by Crippen LogP contribution is -2.70. The van der Waals surface area contributed by atoms with Crippen molar-refractivity contribution in [3.8, 4) is 0 Å². The van der Waals surface area contributed by atoms with Gasteiger partial charge in [-0.1, -0.05) is 30.3 Å². The summed E-state index contributed by atoms with van der Waals surface area (Å²) in [5, 5.41) is 12.7. The van der Waals surface area contributed by atoms with Crippen molar-refractivity contribution in [1.29, 1.82) is 0 Å². The Kier molecular flexibility index (Phi) is 18.0. The molecule has 0 aromatic heterocycles. The third kappa shape index (κ3) is 12.0. The van der Waals surface area contributed by atoms with Crippen molar-refractivity contribution in [2.75, 3.05) is 26.9 Å². The van der Waals surface area contributed by atoms with E-state index in [9.17, 15) is 57.8 Å². The number of imide groups is 2. The summed E-state index contributed by atoms with van der Waals surface area (Å²) in [7, 11) is 0.941. The molecule has 3 fully saturated rings. The molecule has 0 bridgehead atoms. The van der Waals surface area contributed by atoms with E-state index in [4.69, 9.17) is 61.6 Å². The van der Waals surface area contributed by atoms with Crippen molar-refractivity contribution in [1.82, 2.24) is 9.80 Å². The topological polar surface area (TPSA) is 334 Å². The minimum Gasteiger partial charge on any atom is -0.467 e. The molecular formula is C50H54N2O25. The van der Waals surface area contributed by atoms with Crippen molar-refractivity contribution in [3.05, 3.63) is 83.4 Å². The van der Waals surface area contributed by atoms with E-state index in [1.165, 1.54) is 54.6 Å². The highest BCUT2D eigenvalue weighted by molar-refractivity contribution is 6.22. The summed E-state index contributed by atoms with van der Waals surface area (Å²) in [6.45, 7) is 7.54. The molecular weight excluding hydrogens is 1030 g/mol. The Morgan fingerprint density at radius 2 is 0.961 bits per heavy atom. The SMILES string of the molecule is C=CCO[C@@H]1O[C@H](CO[C@@H]2O[C@H](COC(C)=O)[C@@H](OC(C)=O)[C@H](OC(C)=O)[C@H]2N2C(=O)c3ccccc3C2=O)[C@@H](O)[C@H](O[C@@H]2O[C@H](C(=O)OC)[C@@H](OC(C)=O)[C@H](OC(C)=O)[C@H]2OC(C)=O)[C@H]1N1C(=O)c2ccccc2C1=O. The monoisotopic (exact) mass is 1080 g/mol. The summed E-state index contributed by atoms with van der Waals surface area (Å²) >= 11 is 0. The molecule has 0 unspecified atom stereocenters. The number of methoxy groups -OCH3 is 1. The van der Waals surface area contributed by atoms with Gasteiger partial charge in [0.2, 0.25) is 0 Å². The summed E-state index contributed by atoms with van der Waals surface area (Å²) in [4.78, 5) is 148. The van der Waals surface area contributed by atoms with E-state index in [0.717, 1.165) is 48.7 Å². The number of hydrogen-bond acceptors (Lipinski definition) is 25. The average molecular weight is 1080 g/mol. The van der Waals surface area contributed by atoms with Crippen molar-refractivity contribution in [2.24, 2.45) is 0 Å². The van der Waals surface area contributed by atoms with Crippen LogP contribution in [0.15, 0.2) is 61.2 Å². The largest absolute Gasteiger partial charge is 0.467 e. The van der Waals surface area contributed by atoms with Crippen molar-refractivity contribution < 1.29 is 119 Å². The normalized spacial score (nSPS) is 30.6. The molecule has 15 atom stereocenters. The lowest BCUT2D eigenvalue weighted by molar-refractivity contribution is -0.351. The highest BCUT2D eigenvalue weighted by atomic mass is 16.8. The third-order valence-corrected chi connectivity index (χ3v) is 12.5. The van der Waals surface area contributed by atoms with Gasteiger partial charge in [-0.25, -0.2) is 4.79 Å². The number of benzene rings is 2. The molecule has 27 nitrogen and oxygen atoms in total. The average Bonchev–Trinajstić information content (AvgIpc) is 3.80. The Labute approximate surface area is 437 Å². The molecule has 27 heteroatoms. The standard InChI is InChI=1S/C50H54N2O25/c1-9-18-66-48-33(51-43(60)27-14-10-11-15-28(27)44(51)61)37(76-50-42(73-26(7)58)40(72-25(6)57)39(71-24(5)56)41(77-50)47(64)65-8)35(59)31(74-48)19-68-49-34(52-45(62)29-16-12-13-17-30(29)46(52)63)38(70-23(4)55)36(69-22(3)54)32(75-49)20-67-21(2)53/h9-17,31-42,48-50,59H,1,18-20H2,2-8H3/t31-,32-,33-,34-,35-,36-,37-,38-,39+,40+,41+,42-,48-,49-,50-/m1/s1. The quantitative estimate of drug-likeness (QED) is 0.0878. The van der Waals surface area contributed by atoms with Crippen molar-refractivity contribution in [3.63, 3.8) is 0 Å². The van der Waals surface area contributed by atoms with E-state index in [1.54, 1.807) is 0 Å². The zero-order valence-electron chi connectivity index (χ0n) is 42.3. The number of aliphatic hydroxyl groups excluding tert-OH is 1. The maximum atomic E-state index is 14.4. The van der Waals surface area contributed by atoms with E-state index < -0.39 is 171 Å². The van der Waals surface area contributed by atoms with Crippen molar-refractivity contribution in [2.45, 2.75) is 134 Å². The zero-order chi connectivity index (χ0) is 56.2. The second-order valence-corrected chi connectivity index (χ2v) is 17.8. The fourth-order valence-corrected chi connectivity index (χ4v) is 9.56. The fraction of sp³-hybridized carbons (Fsp3) is 0.500. The van der Waals surface area contributed by atoms with Gasteiger partial charge >= 0.3 is 41.8 Å². The Balaban J connectivity index is 1.34. The molecule has 414 valence electrons. The first-order valence-corrected chi connectivity index (χ1v) is 23.7. The second-order valence-electron chi connectivity index (χ2n) is 17.8. The number of fused-ring (bicyclic) bond motifs is 2. The van der Waals surface area contributed by atoms with E-state index in [0.29, 0.717) is 9.80 Å². The smallest absolute Gasteiger partial charge is 0.339 e. The zero-order valence-corrected chi connectivity index (χ0v) is 42.3. The first kappa shape index (κ1) is 57.2. The lowest BCUT2D eigenvalue weighted by Gasteiger charge is -2.50. The van der Waals surface area contributed by atoms with E-state index >= 15 is 0 Å². The number of aliphatic hydroxyl groups is 1. The number of rotatable bonds is 18. The molecule has 1 N–H and O–H groups in total. The number of nitrogens with zero attached hydrogens (tertiary/aromatic N) is 2. The van der Waals surface area contributed by atoms with Crippen LogP contribution in [-0.4, -0.2) is 199 Å². The maximum absolute atomic E-state index is 14.4. The fourth-order valence-electron chi connectivity index (χ4n) is 9.56. The van der Waals surface area contributed by atoms with Gasteiger partial charge in [0, 0.05) is 41.5 Å². The molecule has 7 rings (SSSR count). The molecule has 4 amide bonds. The minimum atomic E-state index is -2.19. The number of hydrogen-bond donors (Lipinski definition) is 1. The van der Waals surface area contributed by atoms with Gasteiger partial charge in [-0.15, -0.1) is 6.58 Å². The Morgan fingerprint density at radius 1 is 0.532 bits per heavy atom. The molecule has 3 saturated heterocycles. The van der Waals surface area contributed by atoms with Gasteiger partial charge in [-0.2, -0.15) is 0 Å². The van der Waals surface area contributed by atoms with Crippen LogP contribution < -0.4 is 0 Å². The van der Waals surface area contributed by atoms with Crippen LogP contribution in [0.25, 0.3) is 0 Å². The summed E-state index contributed by atoms with van der Waals surface area (Å²) in [6.07, 6.45) is -23.7. The minimum absolute atomic E-state index is 0.0853. The number of amides is 4. The Morgan fingerprint density at radius 3 is 1.43 bits per heavy atom. The molecule has 77 heavy (non-hydrogen) atoms. The van der Waals surface area contributed by atoms with E-state index in [-0.39, 0.29) is 28.9 Å². The Hall–Kier alpha value is -7.53. The number of esters is 7.